The van der Waals surface area contributed by atoms with E-state index >= 15 is 0 Å². The summed E-state index contributed by atoms with van der Waals surface area (Å²) in [5.74, 6) is -0.255. The van der Waals surface area contributed by atoms with Crippen LogP contribution in [0.3, 0.4) is 0 Å². The lowest BCUT2D eigenvalue weighted by molar-refractivity contribution is -0.384. The van der Waals surface area contributed by atoms with Gasteiger partial charge in [-0.05, 0) is 24.6 Å². The number of non-ortho nitro benzene ring substituents is 1. The normalized spacial score (nSPS) is 14.3. The Balaban J connectivity index is 1.69. The number of carbonyl (C=O) groups is 1. The van der Waals surface area contributed by atoms with Crippen molar-refractivity contribution in [2.24, 2.45) is 5.73 Å². The molecular weight excluding hydrogens is 450 g/mol. The molecule has 35 heavy (non-hydrogen) atoms. The van der Waals surface area contributed by atoms with E-state index in [0.717, 1.165) is 18.1 Å². The largest absolute Gasteiger partial charge is 0.493 e. The molecule has 3 aromatic carbocycles. The monoisotopic (exact) mass is 471 g/mol. The first-order valence-electron chi connectivity index (χ1n) is 10.8. The smallest absolute Gasteiger partial charge is 0.343 e. The third-order valence-corrected chi connectivity index (χ3v) is 5.39. The summed E-state index contributed by atoms with van der Waals surface area (Å²) in [6.45, 7) is 2.52. The third-order valence-electron chi connectivity index (χ3n) is 5.39. The molecule has 9 nitrogen and oxygen atoms in total. The maximum atomic E-state index is 12.6. The summed E-state index contributed by atoms with van der Waals surface area (Å²) in [5, 5.41) is 20.8. The number of hydrogen-bond acceptors (Lipinski definition) is 8. The fourth-order valence-corrected chi connectivity index (χ4v) is 3.79. The minimum Gasteiger partial charge on any atom is -0.493 e. The van der Waals surface area contributed by atoms with Gasteiger partial charge in [-0.1, -0.05) is 37.3 Å². The van der Waals surface area contributed by atoms with Crippen molar-refractivity contribution in [2.45, 2.75) is 19.3 Å². The first kappa shape index (κ1) is 23.3. The van der Waals surface area contributed by atoms with Crippen molar-refractivity contribution >= 4 is 11.7 Å². The Kier molecular flexibility index (Phi) is 6.64. The summed E-state index contributed by atoms with van der Waals surface area (Å²) in [5.41, 5.74) is 7.55. The summed E-state index contributed by atoms with van der Waals surface area (Å²) in [4.78, 5) is 23.0. The molecule has 0 spiro atoms. The molecule has 1 unspecified atom stereocenters. The van der Waals surface area contributed by atoms with Crippen LogP contribution in [0.5, 0.6) is 17.2 Å². The number of carbonyl (C=O) groups excluding carboxylic acids is 1. The zero-order valence-electron chi connectivity index (χ0n) is 18.8. The van der Waals surface area contributed by atoms with Crippen LogP contribution in [0.1, 0.15) is 40.7 Å². The van der Waals surface area contributed by atoms with Crippen molar-refractivity contribution in [3.8, 4) is 23.3 Å². The van der Waals surface area contributed by atoms with Gasteiger partial charge >= 0.3 is 5.97 Å². The number of nitrogens with two attached hydrogens (primary N) is 1. The Morgan fingerprint density at radius 2 is 1.94 bits per heavy atom. The lowest BCUT2D eigenvalue weighted by Gasteiger charge is -2.28. The van der Waals surface area contributed by atoms with Crippen LogP contribution >= 0.6 is 0 Å². The number of nitro groups is 1. The number of nitriles is 1. The quantitative estimate of drug-likeness (QED) is 0.224. The summed E-state index contributed by atoms with van der Waals surface area (Å²) in [6.07, 6.45) is 0.821. The minimum atomic E-state index is -0.763. The molecule has 1 atom stereocenters. The van der Waals surface area contributed by atoms with Crippen molar-refractivity contribution in [3.05, 3.63) is 105 Å². The van der Waals surface area contributed by atoms with Crippen molar-refractivity contribution in [1.82, 2.24) is 0 Å². The van der Waals surface area contributed by atoms with Gasteiger partial charge in [0.2, 0.25) is 5.88 Å². The molecule has 1 aliphatic rings. The first-order valence-corrected chi connectivity index (χ1v) is 10.8. The topological polar surface area (TPSA) is 138 Å². The third kappa shape index (κ3) is 4.77. The highest BCUT2D eigenvalue weighted by Crippen LogP contribution is 2.45. The lowest BCUT2D eigenvalue weighted by Crippen LogP contribution is -2.21. The average Bonchev–Trinajstić information content (AvgIpc) is 2.86. The molecule has 2 N–H and O–H groups in total. The molecule has 4 rings (SSSR count). The summed E-state index contributed by atoms with van der Waals surface area (Å²) < 4.78 is 17.0. The highest BCUT2D eigenvalue weighted by atomic mass is 16.6. The number of para-hydroxylation sites is 1. The van der Waals surface area contributed by atoms with Crippen LogP contribution in [0.25, 0.3) is 0 Å². The number of esters is 1. The van der Waals surface area contributed by atoms with Crippen LogP contribution in [0.15, 0.2) is 78.2 Å². The highest BCUT2D eigenvalue weighted by Gasteiger charge is 2.33. The van der Waals surface area contributed by atoms with E-state index in [2.05, 4.69) is 6.07 Å². The fraction of sp³-hybridized carbons (Fsp3) is 0.154. The zero-order valence-corrected chi connectivity index (χ0v) is 18.8. The van der Waals surface area contributed by atoms with E-state index in [-0.39, 0.29) is 28.5 Å². The molecule has 176 valence electrons. The molecule has 0 radical (unpaired) electrons. The maximum absolute atomic E-state index is 12.6. The molecule has 0 saturated heterocycles. The Bertz CT molecular complexity index is 1380. The van der Waals surface area contributed by atoms with Crippen LogP contribution in [0.4, 0.5) is 5.69 Å². The molecule has 0 saturated carbocycles. The number of allylic oxidation sites excluding steroid dienone is 1. The SMILES string of the molecule is CCCOc1ccccc1C1C(C#N)=C(N)Oc2cc(OC(=O)c3cccc([N+](=O)[O-])c3)ccc21. The van der Waals surface area contributed by atoms with Gasteiger partial charge in [-0.3, -0.25) is 10.1 Å². The van der Waals surface area contributed by atoms with E-state index in [1.54, 1.807) is 12.1 Å². The van der Waals surface area contributed by atoms with Gasteiger partial charge in [-0.15, -0.1) is 0 Å². The van der Waals surface area contributed by atoms with Gasteiger partial charge in [0.1, 0.15) is 28.9 Å². The van der Waals surface area contributed by atoms with Crippen LogP contribution in [-0.4, -0.2) is 17.5 Å². The zero-order chi connectivity index (χ0) is 24.9. The van der Waals surface area contributed by atoms with E-state index in [1.165, 1.54) is 24.3 Å². The maximum Gasteiger partial charge on any atom is 0.343 e. The van der Waals surface area contributed by atoms with Gasteiger partial charge in [-0.25, -0.2) is 4.79 Å². The second-order valence-electron chi connectivity index (χ2n) is 7.71. The van der Waals surface area contributed by atoms with E-state index in [4.69, 9.17) is 19.9 Å². The predicted octanol–water partition coefficient (Wildman–Crippen LogP) is 4.82. The Labute approximate surface area is 201 Å². The summed E-state index contributed by atoms with van der Waals surface area (Å²) >= 11 is 0. The number of nitro benzene ring substituents is 1. The van der Waals surface area contributed by atoms with Crippen LogP contribution in [0, 0.1) is 21.4 Å². The molecule has 0 aliphatic carbocycles. The second-order valence-corrected chi connectivity index (χ2v) is 7.71. The van der Waals surface area contributed by atoms with E-state index in [9.17, 15) is 20.2 Å². The molecule has 0 fully saturated rings. The predicted molar refractivity (Wildman–Crippen MR) is 126 cm³/mol. The highest BCUT2D eigenvalue weighted by molar-refractivity contribution is 5.91. The Hall–Kier alpha value is -4.84. The Morgan fingerprint density at radius 3 is 2.69 bits per heavy atom. The van der Waals surface area contributed by atoms with Gasteiger partial charge in [0.05, 0.1) is 23.0 Å². The Morgan fingerprint density at radius 1 is 1.14 bits per heavy atom. The van der Waals surface area contributed by atoms with Gasteiger partial charge in [0.25, 0.3) is 5.69 Å². The van der Waals surface area contributed by atoms with Crippen molar-refractivity contribution in [1.29, 1.82) is 5.26 Å². The van der Waals surface area contributed by atoms with Gasteiger partial charge < -0.3 is 19.9 Å². The molecule has 1 aliphatic heterocycles. The number of rotatable bonds is 7. The molecule has 3 aromatic rings. The molecule has 0 aromatic heterocycles. The van der Waals surface area contributed by atoms with Crippen LogP contribution < -0.4 is 19.9 Å². The molecular formula is C26H21N3O6. The van der Waals surface area contributed by atoms with E-state index in [1.807, 2.05) is 31.2 Å². The van der Waals surface area contributed by atoms with Gasteiger partial charge in [0.15, 0.2) is 0 Å². The lowest BCUT2D eigenvalue weighted by atomic mass is 9.83. The van der Waals surface area contributed by atoms with Crippen LogP contribution in [-0.2, 0) is 0 Å². The first-order chi connectivity index (χ1) is 16.9. The van der Waals surface area contributed by atoms with Crippen molar-refractivity contribution in [2.75, 3.05) is 6.61 Å². The van der Waals surface area contributed by atoms with Crippen LogP contribution in [0.2, 0.25) is 0 Å². The number of nitrogens with zero attached hydrogens (tertiary/aromatic N) is 2. The standard InChI is InChI=1S/C26H21N3O6/c1-2-12-33-22-9-4-3-8-19(22)24-20-11-10-18(14-23(20)35-25(28)21(24)15-27)34-26(30)16-6-5-7-17(13-16)29(31)32/h3-11,13-14,24H,2,12,28H2,1H3. The number of ether oxygens (including phenoxy) is 3. The summed E-state index contributed by atoms with van der Waals surface area (Å²) in [7, 11) is 0. The van der Waals surface area contributed by atoms with Crippen molar-refractivity contribution in [3.63, 3.8) is 0 Å². The summed E-state index contributed by atoms with van der Waals surface area (Å²) in [6, 6.07) is 19.6. The van der Waals surface area contributed by atoms with E-state index in [0.29, 0.717) is 23.7 Å². The average molecular weight is 471 g/mol. The molecule has 1 heterocycles. The van der Waals surface area contributed by atoms with E-state index < -0.39 is 16.8 Å². The number of hydrogen-bond donors (Lipinski definition) is 1. The number of benzene rings is 3. The molecule has 9 heteroatoms. The molecule has 0 bridgehead atoms. The van der Waals surface area contributed by atoms with Gasteiger partial charge in [0, 0.05) is 29.3 Å². The fourth-order valence-electron chi connectivity index (χ4n) is 3.79. The molecule has 0 amide bonds. The van der Waals surface area contributed by atoms with Crippen molar-refractivity contribution < 1.29 is 23.9 Å². The van der Waals surface area contributed by atoms with Gasteiger partial charge in [-0.2, -0.15) is 5.26 Å². The second kappa shape index (κ2) is 9.97. The number of fused-ring (bicyclic) bond motifs is 1. The minimum absolute atomic E-state index is 0.0314.